The summed E-state index contributed by atoms with van der Waals surface area (Å²) in [7, 11) is -3.51. The monoisotopic (exact) mass is 436 g/mol. The van der Waals surface area contributed by atoms with Gasteiger partial charge in [0.1, 0.15) is 0 Å². The molecule has 162 valence electrons. The van der Waals surface area contributed by atoms with Crippen LogP contribution < -0.4 is 4.90 Å². The quantitative estimate of drug-likeness (QED) is 0.621. The number of piperazine rings is 1. The average Bonchev–Trinajstić information content (AvgIpc) is 2.77. The van der Waals surface area contributed by atoms with Crippen molar-refractivity contribution in [2.45, 2.75) is 32.6 Å². The molecule has 3 aromatic rings. The van der Waals surface area contributed by atoms with Gasteiger partial charge in [-0.15, -0.1) is 10.2 Å². The maximum atomic E-state index is 13.2. The van der Waals surface area contributed by atoms with Gasteiger partial charge in [0.05, 0.1) is 10.6 Å². The van der Waals surface area contributed by atoms with Gasteiger partial charge >= 0.3 is 0 Å². The molecule has 2 aromatic carbocycles. The summed E-state index contributed by atoms with van der Waals surface area (Å²) < 4.78 is 28.0. The first kappa shape index (κ1) is 21.5. The number of aryl methyl sites for hydroxylation is 4. The van der Waals surface area contributed by atoms with Crippen molar-refractivity contribution in [2.24, 2.45) is 0 Å². The lowest BCUT2D eigenvalue weighted by atomic mass is 10.1. The smallest absolute Gasteiger partial charge is 0.243 e. The van der Waals surface area contributed by atoms with Crippen LogP contribution in [-0.2, 0) is 10.0 Å². The average molecular weight is 437 g/mol. The third kappa shape index (κ3) is 4.20. The fraction of sp³-hybridized carbons (Fsp3) is 0.333. The summed E-state index contributed by atoms with van der Waals surface area (Å²) in [5.41, 5.74) is 5.96. The van der Waals surface area contributed by atoms with Gasteiger partial charge in [-0.2, -0.15) is 4.31 Å². The molecule has 31 heavy (non-hydrogen) atoms. The molecule has 2 heterocycles. The van der Waals surface area contributed by atoms with Crippen LogP contribution in [0.25, 0.3) is 11.3 Å². The Kier molecular flexibility index (Phi) is 5.81. The van der Waals surface area contributed by atoms with Crippen LogP contribution in [0.3, 0.4) is 0 Å². The van der Waals surface area contributed by atoms with E-state index >= 15 is 0 Å². The summed E-state index contributed by atoms with van der Waals surface area (Å²) in [5, 5.41) is 8.81. The molecule has 0 spiro atoms. The second-order valence-corrected chi connectivity index (χ2v) is 10.1. The van der Waals surface area contributed by atoms with Crippen LogP contribution in [0.2, 0.25) is 0 Å². The van der Waals surface area contributed by atoms with E-state index in [2.05, 4.69) is 28.1 Å². The van der Waals surface area contributed by atoms with Gasteiger partial charge < -0.3 is 4.90 Å². The molecule has 1 aliphatic rings. The number of nitrogens with zero attached hydrogens (tertiary/aromatic N) is 4. The number of benzene rings is 2. The molecule has 0 unspecified atom stereocenters. The minimum absolute atomic E-state index is 0.409. The Hall–Kier alpha value is -2.77. The predicted molar refractivity (Wildman–Crippen MR) is 124 cm³/mol. The Labute approximate surface area is 184 Å². The van der Waals surface area contributed by atoms with Crippen molar-refractivity contribution in [3.63, 3.8) is 0 Å². The topological polar surface area (TPSA) is 66.4 Å². The zero-order valence-electron chi connectivity index (χ0n) is 18.5. The van der Waals surface area contributed by atoms with Gasteiger partial charge in [-0.25, -0.2) is 8.42 Å². The van der Waals surface area contributed by atoms with Gasteiger partial charge in [0.25, 0.3) is 0 Å². The highest BCUT2D eigenvalue weighted by Crippen LogP contribution is 2.26. The van der Waals surface area contributed by atoms with E-state index < -0.39 is 10.0 Å². The maximum absolute atomic E-state index is 13.2. The molecule has 1 fully saturated rings. The zero-order valence-corrected chi connectivity index (χ0v) is 19.3. The first-order chi connectivity index (χ1) is 14.8. The van der Waals surface area contributed by atoms with E-state index in [1.807, 2.05) is 57.2 Å². The zero-order chi connectivity index (χ0) is 22.2. The normalized spacial score (nSPS) is 15.3. The van der Waals surface area contributed by atoms with E-state index in [4.69, 9.17) is 0 Å². The van der Waals surface area contributed by atoms with Gasteiger partial charge in [0, 0.05) is 31.7 Å². The van der Waals surface area contributed by atoms with Crippen LogP contribution >= 0.6 is 0 Å². The Morgan fingerprint density at radius 2 is 1.42 bits per heavy atom. The number of sulfonamides is 1. The van der Waals surface area contributed by atoms with E-state index in [0.29, 0.717) is 31.1 Å². The Balaban J connectivity index is 1.47. The van der Waals surface area contributed by atoms with Crippen LogP contribution in [0.4, 0.5) is 5.82 Å². The molecule has 0 radical (unpaired) electrons. The first-order valence-electron chi connectivity index (χ1n) is 10.5. The van der Waals surface area contributed by atoms with Gasteiger partial charge in [-0.1, -0.05) is 30.3 Å². The van der Waals surface area contributed by atoms with Crippen LogP contribution in [0.1, 0.15) is 22.3 Å². The molecule has 1 aliphatic heterocycles. The summed E-state index contributed by atoms with van der Waals surface area (Å²) in [6, 6.07) is 15.8. The number of hydrogen-bond acceptors (Lipinski definition) is 5. The Morgan fingerprint density at radius 3 is 2.06 bits per heavy atom. The van der Waals surface area contributed by atoms with E-state index in [1.165, 1.54) is 0 Å². The van der Waals surface area contributed by atoms with Crippen molar-refractivity contribution < 1.29 is 8.42 Å². The molecule has 0 atom stereocenters. The van der Waals surface area contributed by atoms with Crippen LogP contribution in [0, 0.1) is 27.7 Å². The second kappa shape index (κ2) is 8.40. The molecule has 7 heteroatoms. The van der Waals surface area contributed by atoms with Crippen molar-refractivity contribution in [1.29, 1.82) is 0 Å². The molecule has 6 nitrogen and oxygen atoms in total. The molecule has 1 saturated heterocycles. The first-order valence-corrected chi connectivity index (χ1v) is 11.9. The highest BCUT2D eigenvalue weighted by molar-refractivity contribution is 7.89. The molecule has 1 aromatic heterocycles. The summed E-state index contributed by atoms with van der Waals surface area (Å²) >= 11 is 0. The third-order valence-corrected chi connectivity index (χ3v) is 8.08. The van der Waals surface area contributed by atoms with E-state index in [-0.39, 0.29) is 0 Å². The molecule has 0 amide bonds. The molecular formula is C24H28N4O2S. The fourth-order valence-corrected chi connectivity index (χ4v) is 5.72. The third-order valence-electron chi connectivity index (χ3n) is 6.04. The molecule has 0 aliphatic carbocycles. The Bertz CT molecular complexity index is 1200. The van der Waals surface area contributed by atoms with E-state index in [0.717, 1.165) is 39.3 Å². The summed E-state index contributed by atoms with van der Waals surface area (Å²) in [6.07, 6.45) is 0. The SMILES string of the molecule is Cc1cc(C)c(S(=O)(=O)N2CCN(c3ccc(-c4ccccc4C)nn3)CC2)cc1C. The minimum atomic E-state index is -3.51. The largest absolute Gasteiger partial charge is 0.352 e. The lowest BCUT2D eigenvalue weighted by Crippen LogP contribution is -2.49. The van der Waals surface area contributed by atoms with Crippen molar-refractivity contribution in [3.05, 3.63) is 70.8 Å². The Morgan fingerprint density at radius 1 is 0.742 bits per heavy atom. The van der Waals surface area contributed by atoms with Crippen molar-refractivity contribution in [2.75, 3.05) is 31.1 Å². The standard InChI is InChI=1S/C24H28N4O2S/c1-17-7-5-6-8-21(17)22-9-10-24(26-25-22)27-11-13-28(14-12-27)31(29,30)23-16-19(3)18(2)15-20(23)4/h5-10,15-16H,11-14H2,1-4H3. The van der Waals surface area contributed by atoms with Crippen LogP contribution in [0.5, 0.6) is 0 Å². The molecule has 0 saturated carbocycles. The molecule has 0 N–H and O–H groups in total. The molecule has 0 bridgehead atoms. The summed E-state index contributed by atoms with van der Waals surface area (Å²) in [5.74, 6) is 0.775. The van der Waals surface area contributed by atoms with E-state index in [1.54, 1.807) is 10.4 Å². The van der Waals surface area contributed by atoms with E-state index in [9.17, 15) is 8.42 Å². The highest BCUT2D eigenvalue weighted by atomic mass is 32.2. The van der Waals surface area contributed by atoms with Crippen molar-refractivity contribution in [3.8, 4) is 11.3 Å². The van der Waals surface area contributed by atoms with Crippen LogP contribution in [-0.4, -0.2) is 49.1 Å². The van der Waals surface area contributed by atoms with Gasteiger partial charge in [-0.3, -0.25) is 0 Å². The number of aromatic nitrogens is 2. The maximum Gasteiger partial charge on any atom is 0.243 e. The number of anilines is 1. The second-order valence-electron chi connectivity index (χ2n) is 8.18. The van der Waals surface area contributed by atoms with Gasteiger partial charge in [-0.05, 0) is 68.1 Å². The fourth-order valence-electron chi connectivity index (χ4n) is 4.01. The lowest BCUT2D eigenvalue weighted by molar-refractivity contribution is 0.383. The lowest BCUT2D eigenvalue weighted by Gasteiger charge is -2.34. The van der Waals surface area contributed by atoms with Gasteiger partial charge in [0.2, 0.25) is 10.0 Å². The highest BCUT2D eigenvalue weighted by Gasteiger charge is 2.30. The number of hydrogen-bond donors (Lipinski definition) is 0. The molecule has 4 rings (SSSR count). The predicted octanol–water partition coefficient (Wildman–Crippen LogP) is 3.89. The van der Waals surface area contributed by atoms with Gasteiger partial charge in [0.15, 0.2) is 5.82 Å². The summed E-state index contributed by atoms with van der Waals surface area (Å²) in [6.45, 7) is 9.89. The minimum Gasteiger partial charge on any atom is -0.352 e. The van der Waals surface area contributed by atoms with Crippen molar-refractivity contribution >= 4 is 15.8 Å². The number of rotatable bonds is 4. The molecular weight excluding hydrogens is 408 g/mol. The summed E-state index contributed by atoms with van der Waals surface area (Å²) in [4.78, 5) is 2.50. The van der Waals surface area contributed by atoms with Crippen LogP contribution in [0.15, 0.2) is 53.4 Å². The van der Waals surface area contributed by atoms with Crippen molar-refractivity contribution in [1.82, 2.24) is 14.5 Å².